The first-order chi connectivity index (χ1) is 8.79. The summed E-state index contributed by atoms with van der Waals surface area (Å²) in [5.41, 5.74) is 3.38. The van der Waals surface area contributed by atoms with Crippen molar-refractivity contribution in [3.63, 3.8) is 0 Å². The Kier molecular flexibility index (Phi) is 4.07. The Morgan fingerprint density at radius 1 is 1.17 bits per heavy atom. The SMILES string of the molecule is CCC(=O)NCc1cccc(-c2ccncc2)c1. The van der Waals surface area contributed by atoms with Crippen LogP contribution < -0.4 is 5.32 Å². The van der Waals surface area contributed by atoms with Crippen LogP contribution in [0.4, 0.5) is 0 Å². The van der Waals surface area contributed by atoms with Crippen molar-refractivity contribution in [1.29, 1.82) is 0 Å². The number of amides is 1. The third kappa shape index (κ3) is 3.17. The molecular weight excluding hydrogens is 224 g/mol. The Balaban J connectivity index is 2.13. The van der Waals surface area contributed by atoms with E-state index in [0.29, 0.717) is 13.0 Å². The average Bonchev–Trinajstić information content (AvgIpc) is 2.46. The Morgan fingerprint density at radius 2 is 1.94 bits per heavy atom. The highest BCUT2D eigenvalue weighted by atomic mass is 16.1. The number of hydrogen-bond donors (Lipinski definition) is 1. The molecule has 0 radical (unpaired) electrons. The monoisotopic (exact) mass is 240 g/mol. The van der Waals surface area contributed by atoms with Gasteiger partial charge >= 0.3 is 0 Å². The molecule has 1 aromatic carbocycles. The Hall–Kier alpha value is -2.16. The summed E-state index contributed by atoms with van der Waals surface area (Å²) < 4.78 is 0. The maximum absolute atomic E-state index is 11.2. The number of benzene rings is 1. The highest BCUT2D eigenvalue weighted by Gasteiger charge is 2.00. The summed E-state index contributed by atoms with van der Waals surface area (Å²) in [5.74, 6) is 0.0734. The van der Waals surface area contributed by atoms with Crippen LogP contribution in [0.5, 0.6) is 0 Å². The lowest BCUT2D eigenvalue weighted by Gasteiger charge is -2.06. The van der Waals surface area contributed by atoms with Crippen molar-refractivity contribution in [3.8, 4) is 11.1 Å². The van der Waals surface area contributed by atoms with Gasteiger partial charge in [0.2, 0.25) is 5.91 Å². The van der Waals surface area contributed by atoms with Gasteiger partial charge in [-0.15, -0.1) is 0 Å². The van der Waals surface area contributed by atoms with Crippen LogP contribution in [0.2, 0.25) is 0 Å². The molecule has 1 amide bonds. The molecule has 0 bridgehead atoms. The summed E-state index contributed by atoms with van der Waals surface area (Å²) in [4.78, 5) is 15.2. The van der Waals surface area contributed by atoms with E-state index in [2.05, 4.69) is 22.4 Å². The summed E-state index contributed by atoms with van der Waals surface area (Å²) >= 11 is 0. The largest absolute Gasteiger partial charge is 0.352 e. The van der Waals surface area contributed by atoms with Crippen LogP contribution in [0.3, 0.4) is 0 Å². The molecule has 0 saturated carbocycles. The van der Waals surface area contributed by atoms with Crippen LogP contribution in [-0.2, 0) is 11.3 Å². The number of pyridine rings is 1. The van der Waals surface area contributed by atoms with Crippen molar-refractivity contribution < 1.29 is 4.79 Å². The molecule has 2 rings (SSSR count). The maximum atomic E-state index is 11.2. The molecule has 92 valence electrons. The summed E-state index contributed by atoms with van der Waals surface area (Å²) in [5, 5.41) is 2.88. The van der Waals surface area contributed by atoms with E-state index in [1.165, 1.54) is 0 Å². The molecule has 0 aliphatic rings. The van der Waals surface area contributed by atoms with Gasteiger partial charge in [0.15, 0.2) is 0 Å². The molecule has 0 unspecified atom stereocenters. The Labute approximate surface area is 107 Å². The van der Waals surface area contributed by atoms with E-state index in [-0.39, 0.29) is 5.91 Å². The molecule has 0 saturated heterocycles. The van der Waals surface area contributed by atoms with Crippen LogP contribution in [-0.4, -0.2) is 10.9 Å². The fourth-order valence-electron chi connectivity index (χ4n) is 1.73. The fourth-order valence-corrected chi connectivity index (χ4v) is 1.73. The molecule has 0 fully saturated rings. The minimum absolute atomic E-state index is 0.0734. The van der Waals surface area contributed by atoms with Crippen molar-refractivity contribution in [2.45, 2.75) is 19.9 Å². The van der Waals surface area contributed by atoms with E-state index in [1.807, 2.05) is 31.2 Å². The third-order valence-corrected chi connectivity index (χ3v) is 2.75. The zero-order chi connectivity index (χ0) is 12.8. The molecule has 2 aromatic rings. The molecular formula is C15H16N2O. The van der Waals surface area contributed by atoms with Gasteiger partial charge in [0.25, 0.3) is 0 Å². The first-order valence-corrected chi connectivity index (χ1v) is 6.05. The average molecular weight is 240 g/mol. The van der Waals surface area contributed by atoms with E-state index >= 15 is 0 Å². The second kappa shape index (κ2) is 5.96. The molecule has 0 spiro atoms. The van der Waals surface area contributed by atoms with Gasteiger partial charge in [-0.05, 0) is 34.9 Å². The van der Waals surface area contributed by atoms with Crippen LogP contribution in [0.15, 0.2) is 48.8 Å². The van der Waals surface area contributed by atoms with E-state index in [4.69, 9.17) is 0 Å². The van der Waals surface area contributed by atoms with Gasteiger partial charge in [0.1, 0.15) is 0 Å². The number of hydrogen-bond acceptors (Lipinski definition) is 2. The standard InChI is InChI=1S/C15H16N2O/c1-2-15(18)17-11-12-4-3-5-14(10-12)13-6-8-16-9-7-13/h3-10H,2,11H2,1H3,(H,17,18). The van der Waals surface area contributed by atoms with Gasteiger partial charge in [-0.2, -0.15) is 0 Å². The second-order valence-corrected chi connectivity index (χ2v) is 4.07. The highest BCUT2D eigenvalue weighted by Crippen LogP contribution is 2.19. The lowest BCUT2D eigenvalue weighted by atomic mass is 10.0. The lowest BCUT2D eigenvalue weighted by Crippen LogP contribution is -2.21. The number of rotatable bonds is 4. The predicted molar refractivity (Wildman–Crippen MR) is 71.8 cm³/mol. The zero-order valence-electron chi connectivity index (χ0n) is 10.4. The molecule has 3 nitrogen and oxygen atoms in total. The maximum Gasteiger partial charge on any atom is 0.219 e. The van der Waals surface area contributed by atoms with Gasteiger partial charge < -0.3 is 5.32 Å². The molecule has 0 atom stereocenters. The van der Waals surface area contributed by atoms with Crippen LogP contribution >= 0.6 is 0 Å². The van der Waals surface area contributed by atoms with Gasteiger partial charge in [0.05, 0.1) is 0 Å². The summed E-state index contributed by atoms with van der Waals surface area (Å²) in [6.45, 7) is 2.42. The zero-order valence-corrected chi connectivity index (χ0v) is 10.4. The predicted octanol–water partition coefficient (Wildman–Crippen LogP) is 2.77. The molecule has 3 heteroatoms. The van der Waals surface area contributed by atoms with Crippen LogP contribution in [0, 0.1) is 0 Å². The first-order valence-electron chi connectivity index (χ1n) is 6.05. The Morgan fingerprint density at radius 3 is 2.67 bits per heavy atom. The van der Waals surface area contributed by atoms with Crippen molar-refractivity contribution in [2.24, 2.45) is 0 Å². The number of aromatic nitrogens is 1. The quantitative estimate of drug-likeness (QED) is 0.892. The second-order valence-electron chi connectivity index (χ2n) is 4.07. The van der Waals surface area contributed by atoms with Crippen LogP contribution in [0.1, 0.15) is 18.9 Å². The summed E-state index contributed by atoms with van der Waals surface area (Å²) in [6.07, 6.45) is 4.08. The number of nitrogens with zero attached hydrogens (tertiary/aromatic N) is 1. The first kappa shape index (κ1) is 12.3. The minimum Gasteiger partial charge on any atom is -0.352 e. The number of carbonyl (C=O) groups excluding carboxylic acids is 1. The summed E-state index contributed by atoms with van der Waals surface area (Å²) in [7, 11) is 0. The van der Waals surface area contributed by atoms with Crippen molar-refractivity contribution in [1.82, 2.24) is 10.3 Å². The van der Waals surface area contributed by atoms with Gasteiger partial charge in [-0.3, -0.25) is 9.78 Å². The third-order valence-electron chi connectivity index (χ3n) is 2.75. The number of carbonyl (C=O) groups is 1. The minimum atomic E-state index is 0.0734. The normalized spacial score (nSPS) is 10.1. The molecule has 0 aliphatic carbocycles. The van der Waals surface area contributed by atoms with Gasteiger partial charge in [0, 0.05) is 25.4 Å². The highest BCUT2D eigenvalue weighted by molar-refractivity contribution is 5.75. The molecule has 0 aliphatic heterocycles. The van der Waals surface area contributed by atoms with Crippen molar-refractivity contribution in [2.75, 3.05) is 0 Å². The topological polar surface area (TPSA) is 42.0 Å². The van der Waals surface area contributed by atoms with Crippen molar-refractivity contribution in [3.05, 3.63) is 54.4 Å². The molecule has 1 aromatic heterocycles. The van der Waals surface area contributed by atoms with Gasteiger partial charge in [-0.25, -0.2) is 0 Å². The molecule has 18 heavy (non-hydrogen) atoms. The summed E-state index contributed by atoms with van der Waals surface area (Å²) in [6, 6.07) is 12.1. The van der Waals surface area contributed by atoms with E-state index in [0.717, 1.165) is 16.7 Å². The van der Waals surface area contributed by atoms with E-state index in [1.54, 1.807) is 12.4 Å². The Bertz CT molecular complexity index is 523. The van der Waals surface area contributed by atoms with Crippen LogP contribution in [0.25, 0.3) is 11.1 Å². The fraction of sp³-hybridized carbons (Fsp3) is 0.200. The van der Waals surface area contributed by atoms with E-state index in [9.17, 15) is 4.79 Å². The van der Waals surface area contributed by atoms with E-state index < -0.39 is 0 Å². The number of nitrogens with one attached hydrogen (secondary N) is 1. The molecule has 1 heterocycles. The van der Waals surface area contributed by atoms with Crippen molar-refractivity contribution >= 4 is 5.91 Å². The van der Waals surface area contributed by atoms with Gasteiger partial charge in [-0.1, -0.05) is 25.1 Å². The smallest absolute Gasteiger partial charge is 0.219 e. The lowest BCUT2D eigenvalue weighted by molar-refractivity contribution is -0.120. The molecule has 1 N–H and O–H groups in total.